The molecule has 1 aromatic heterocycles. The van der Waals surface area contributed by atoms with Crippen LogP contribution in [0, 0.1) is 0 Å². The number of unbranched alkanes of at least 4 members (excludes halogenated alkanes) is 4. The number of H-pyrrole nitrogens is 1. The van der Waals surface area contributed by atoms with Crippen LogP contribution in [0.15, 0.2) is 30.5 Å². The number of nitrogens with one attached hydrogen (secondary N) is 8. The number of benzene rings is 1. The molecule has 392 valence electrons. The van der Waals surface area contributed by atoms with Crippen molar-refractivity contribution in [2.45, 2.75) is 145 Å². The number of aliphatic hydroxyl groups is 1. The van der Waals surface area contributed by atoms with Gasteiger partial charge >= 0.3 is 0 Å². The highest BCUT2D eigenvalue weighted by Crippen LogP contribution is 2.22. The maximum Gasteiger partial charge on any atom is 0.246 e. The molecule has 0 radical (unpaired) electrons. The maximum atomic E-state index is 14.3. The van der Waals surface area contributed by atoms with Crippen molar-refractivity contribution in [2.24, 2.45) is 22.9 Å². The topological polar surface area (TPSA) is 398 Å². The van der Waals surface area contributed by atoms with Gasteiger partial charge in [0.15, 0.2) is 0 Å². The van der Waals surface area contributed by atoms with Gasteiger partial charge in [-0.25, -0.2) is 0 Å². The average Bonchev–Trinajstić information content (AvgIpc) is 3.94. The van der Waals surface area contributed by atoms with E-state index in [0.717, 1.165) is 15.8 Å². The summed E-state index contributed by atoms with van der Waals surface area (Å²) in [5.74, 6) is -8.23. The van der Waals surface area contributed by atoms with Crippen LogP contribution in [0.2, 0.25) is 0 Å². The standard InChI is InChI=1S/C46H71N13O11S/c47-17-7-5-13-31-43(67)57-34(20-26-23-51-29-11-4-3-10-28(26)29)40(64)52-24-39(63)53-30(12-2-1-9-19-71)41(65)58-35(22-38(50)62)46(70)59-25-27(60)21-36(59)45(69)56-32(14-6-8-18-48)42(66)55-33(44(68)54-31)15-16-37(49)61/h3-4,10-11,23,27,30-36,51,60,71H,1-2,5-9,12-22,24-25,47-48H2,(H2,49,61)(H2,50,62)(H,52,64)(H,53,63)(H,54,68)(H,55,66)(H,56,69)(H,57,67)(H,58,65)/t27-,30+,31-,32+,33+,34+,35+,36+/m1/s1. The average molecular weight is 1010 g/mol. The van der Waals surface area contributed by atoms with Gasteiger partial charge in [-0.15, -0.1) is 0 Å². The number of rotatable bonds is 20. The third kappa shape index (κ3) is 18.1. The number of fused-ring (bicyclic) bond motifs is 2. The summed E-state index contributed by atoms with van der Waals surface area (Å²) >= 11 is 4.24. The van der Waals surface area contributed by atoms with Gasteiger partial charge in [-0.3, -0.25) is 47.9 Å². The fourth-order valence-electron chi connectivity index (χ4n) is 8.51. The van der Waals surface area contributed by atoms with E-state index in [1.807, 2.05) is 18.2 Å². The van der Waals surface area contributed by atoms with Crippen LogP contribution < -0.4 is 60.2 Å². The van der Waals surface area contributed by atoms with Crippen LogP contribution in [0.3, 0.4) is 0 Å². The third-order valence-electron chi connectivity index (χ3n) is 12.3. The summed E-state index contributed by atoms with van der Waals surface area (Å²) in [6.45, 7) is -0.612. The van der Waals surface area contributed by atoms with Crippen LogP contribution in [0.1, 0.15) is 95.5 Å². The van der Waals surface area contributed by atoms with Crippen LogP contribution in [0.5, 0.6) is 0 Å². The van der Waals surface area contributed by atoms with Crippen LogP contribution in [0.25, 0.3) is 10.9 Å². The zero-order valence-corrected chi connectivity index (χ0v) is 40.8. The Balaban J connectivity index is 1.80. The molecule has 25 heteroatoms. The minimum absolute atomic E-state index is 0.0202. The number of para-hydroxylation sites is 1. The molecular weight excluding hydrogens is 943 g/mol. The fourth-order valence-corrected chi connectivity index (χ4v) is 8.74. The molecule has 0 unspecified atom stereocenters. The number of aromatic amines is 1. The zero-order valence-electron chi connectivity index (χ0n) is 39.9. The van der Waals surface area contributed by atoms with Crippen molar-refractivity contribution < 1.29 is 53.1 Å². The van der Waals surface area contributed by atoms with Crippen molar-refractivity contribution in [3.8, 4) is 0 Å². The molecule has 0 bridgehead atoms. The van der Waals surface area contributed by atoms with Gasteiger partial charge in [0, 0.05) is 42.9 Å². The molecule has 2 aliphatic rings. The molecule has 0 aliphatic carbocycles. The predicted octanol–water partition coefficient (Wildman–Crippen LogP) is -3.40. The Bertz CT molecular complexity index is 2190. The molecule has 2 fully saturated rings. The van der Waals surface area contributed by atoms with Crippen molar-refractivity contribution in [1.82, 2.24) is 47.1 Å². The predicted molar refractivity (Wildman–Crippen MR) is 263 cm³/mol. The summed E-state index contributed by atoms with van der Waals surface area (Å²) in [5, 5.41) is 29.7. The number of nitrogens with two attached hydrogens (primary N) is 4. The Morgan fingerprint density at radius 2 is 1.17 bits per heavy atom. The van der Waals surface area contributed by atoms with E-state index in [2.05, 4.69) is 54.8 Å². The van der Waals surface area contributed by atoms with Crippen LogP contribution in [-0.2, 0) is 54.4 Å². The SMILES string of the molecule is NCCCC[C@@H]1NC(=O)[C@@H]2C[C@@H](O)CN2C(=O)[C@H](CC(N)=O)NC(=O)[C@H](CCCCCS)NC(=O)CNC(=O)[C@H](Cc2c[nH]c3ccccc23)NC(=O)[C@@H](CCCCN)NC(=O)[C@H](CCC(N)=O)NC1=O. The van der Waals surface area contributed by atoms with Crippen molar-refractivity contribution in [1.29, 1.82) is 0 Å². The first-order valence-corrected chi connectivity index (χ1v) is 24.8. The van der Waals surface area contributed by atoms with E-state index >= 15 is 0 Å². The number of hydrogen-bond acceptors (Lipinski definition) is 14. The first-order chi connectivity index (χ1) is 33.9. The molecule has 4 rings (SSSR count). The minimum atomic E-state index is -1.68. The number of nitrogens with zero attached hydrogens (tertiary/aromatic N) is 1. The highest BCUT2D eigenvalue weighted by molar-refractivity contribution is 7.80. The molecule has 8 atom stereocenters. The number of carbonyl (C=O) groups is 10. The lowest BCUT2D eigenvalue weighted by Gasteiger charge is -2.30. The van der Waals surface area contributed by atoms with Gasteiger partial charge in [0.2, 0.25) is 59.1 Å². The van der Waals surface area contributed by atoms with E-state index < -0.39 is 127 Å². The highest BCUT2D eigenvalue weighted by atomic mass is 32.1. The lowest BCUT2D eigenvalue weighted by Crippen LogP contribution is -2.60. The monoisotopic (exact) mass is 1010 g/mol. The highest BCUT2D eigenvalue weighted by Gasteiger charge is 2.43. The van der Waals surface area contributed by atoms with Crippen LogP contribution >= 0.6 is 12.6 Å². The van der Waals surface area contributed by atoms with Gasteiger partial charge in [0.1, 0.15) is 42.3 Å². The van der Waals surface area contributed by atoms with E-state index in [1.165, 1.54) is 0 Å². The number of primary amides is 2. The minimum Gasteiger partial charge on any atom is -0.391 e. The van der Waals surface area contributed by atoms with Crippen LogP contribution in [0.4, 0.5) is 0 Å². The summed E-state index contributed by atoms with van der Waals surface area (Å²) < 4.78 is 0. The zero-order chi connectivity index (χ0) is 52.0. The Kier molecular flexibility index (Phi) is 23.5. The number of aromatic nitrogens is 1. The fraction of sp³-hybridized carbons (Fsp3) is 0.609. The lowest BCUT2D eigenvalue weighted by molar-refractivity contribution is -0.143. The number of carbonyl (C=O) groups excluding carboxylic acids is 10. The van der Waals surface area contributed by atoms with Gasteiger partial charge in [-0.1, -0.05) is 31.0 Å². The molecule has 17 N–H and O–H groups in total. The summed E-state index contributed by atoms with van der Waals surface area (Å²) in [6.07, 6.45) is 1.82. The number of amides is 10. The lowest BCUT2D eigenvalue weighted by atomic mass is 10.0. The number of hydrogen-bond donors (Lipinski definition) is 14. The Morgan fingerprint density at radius 3 is 1.75 bits per heavy atom. The molecule has 3 heterocycles. The van der Waals surface area contributed by atoms with Gasteiger partial charge in [-0.2, -0.15) is 12.6 Å². The first kappa shape index (κ1) is 57.3. The maximum absolute atomic E-state index is 14.3. The molecule has 0 spiro atoms. The van der Waals surface area contributed by atoms with Crippen molar-refractivity contribution >= 4 is 82.6 Å². The summed E-state index contributed by atoms with van der Waals surface area (Å²) in [6, 6.07) is -2.74. The summed E-state index contributed by atoms with van der Waals surface area (Å²) in [5.41, 5.74) is 23.9. The summed E-state index contributed by atoms with van der Waals surface area (Å²) in [7, 11) is 0. The van der Waals surface area contributed by atoms with E-state index in [0.29, 0.717) is 56.3 Å². The Morgan fingerprint density at radius 1 is 0.634 bits per heavy atom. The van der Waals surface area contributed by atoms with Gasteiger partial charge in [0.25, 0.3) is 0 Å². The molecule has 1 aromatic carbocycles. The molecule has 0 saturated carbocycles. The molecule has 24 nitrogen and oxygen atoms in total. The van der Waals surface area contributed by atoms with Crippen LogP contribution in [-0.4, -0.2) is 154 Å². The normalized spacial score (nSPS) is 24.6. The van der Waals surface area contributed by atoms with Crippen molar-refractivity contribution in [3.63, 3.8) is 0 Å². The third-order valence-corrected chi connectivity index (χ3v) is 12.6. The largest absolute Gasteiger partial charge is 0.391 e. The quantitative estimate of drug-likeness (QED) is 0.0455. The van der Waals surface area contributed by atoms with E-state index in [-0.39, 0.29) is 58.0 Å². The first-order valence-electron chi connectivity index (χ1n) is 24.2. The molecule has 2 aliphatic heterocycles. The van der Waals surface area contributed by atoms with Crippen molar-refractivity contribution in [2.75, 3.05) is 31.9 Å². The second-order valence-electron chi connectivity index (χ2n) is 17.9. The molecule has 71 heavy (non-hydrogen) atoms. The second-order valence-corrected chi connectivity index (χ2v) is 18.4. The molecule has 2 saturated heterocycles. The van der Waals surface area contributed by atoms with Gasteiger partial charge < -0.3 is 75.1 Å². The Labute approximate surface area is 417 Å². The molecular formula is C46H71N13O11S. The molecule has 2 aromatic rings. The van der Waals surface area contributed by atoms with Gasteiger partial charge in [0.05, 0.1) is 19.1 Å². The number of thiol groups is 1. The van der Waals surface area contributed by atoms with Gasteiger partial charge in [-0.05, 0) is 88.3 Å². The smallest absolute Gasteiger partial charge is 0.246 e. The van der Waals surface area contributed by atoms with E-state index in [4.69, 9.17) is 22.9 Å². The Hall–Kier alpha value is -6.31. The number of aliphatic hydroxyl groups excluding tert-OH is 1. The summed E-state index contributed by atoms with van der Waals surface area (Å²) in [4.78, 5) is 141. The molecule has 10 amide bonds. The van der Waals surface area contributed by atoms with E-state index in [9.17, 15) is 53.1 Å². The van der Waals surface area contributed by atoms with Crippen molar-refractivity contribution in [3.05, 3.63) is 36.0 Å². The van der Waals surface area contributed by atoms with E-state index in [1.54, 1.807) is 12.3 Å². The second kappa shape index (κ2) is 29.1.